The first-order valence-corrected chi connectivity index (χ1v) is 9.67. The third-order valence-electron chi connectivity index (χ3n) is 5.72. The van der Waals surface area contributed by atoms with Crippen molar-refractivity contribution in [3.8, 4) is 0 Å². The molecule has 8 heteroatoms. The lowest BCUT2D eigenvalue weighted by atomic mass is 9.81. The molecule has 2 aromatic rings. The van der Waals surface area contributed by atoms with Gasteiger partial charge in [-0.3, -0.25) is 14.6 Å². The molecule has 0 saturated heterocycles. The van der Waals surface area contributed by atoms with E-state index in [0.717, 1.165) is 6.07 Å². The number of hydrogen-bond acceptors (Lipinski definition) is 3. The van der Waals surface area contributed by atoms with E-state index in [9.17, 15) is 22.8 Å². The molecule has 1 fully saturated rings. The van der Waals surface area contributed by atoms with Crippen molar-refractivity contribution in [3.63, 3.8) is 0 Å². The highest BCUT2D eigenvalue weighted by atomic mass is 19.4. The summed E-state index contributed by atoms with van der Waals surface area (Å²) in [5, 5.41) is 5.23. The van der Waals surface area contributed by atoms with Gasteiger partial charge in [0.1, 0.15) is 0 Å². The summed E-state index contributed by atoms with van der Waals surface area (Å²) < 4.78 is 39.8. The van der Waals surface area contributed by atoms with Gasteiger partial charge in [0.25, 0.3) is 0 Å². The average molecular weight is 415 g/mol. The standard InChI is InChI=1S/C22H20F3N3O2/c23-22(24,25)16-6-1-2-7-17(16)28-21(30)19-14-9-8-13(11-14)18(19)20(29)27-12-15-5-3-4-10-26-15/h1-10,13-14,18-19H,11-12H2,(H,27,29)(H,28,30)/t13-,14+,18+,19+/m0/s1. The summed E-state index contributed by atoms with van der Waals surface area (Å²) in [5.74, 6) is -2.47. The van der Waals surface area contributed by atoms with Gasteiger partial charge in [0.2, 0.25) is 11.8 Å². The first-order chi connectivity index (χ1) is 14.3. The molecule has 4 rings (SSSR count). The monoisotopic (exact) mass is 415 g/mol. The molecular weight excluding hydrogens is 395 g/mol. The van der Waals surface area contributed by atoms with Gasteiger partial charge in [0.15, 0.2) is 0 Å². The number of fused-ring (bicyclic) bond motifs is 2. The average Bonchev–Trinajstić information content (AvgIpc) is 3.34. The van der Waals surface area contributed by atoms with Crippen LogP contribution in [0.1, 0.15) is 17.7 Å². The number of hydrogen-bond donors (Lipinski definition) is 2. The first-order valence-electron chi connectivity index (χ1n) is 9.67. The number of carbonyl (C=O) groups is 2. The summed E-state index contributed by atoms with van der Waals surface area (Å²) in [4.78, 5) is 30.0. The number of rotatable bonds is 5. The normalized spacial score (nSPS) is 24.6. The molecule has 0 aliphatic heterocycles. The lowest BCUT2D eigenvalue weighted by Gasteiger charge is -2.27. The molecule has 1 aromatic heterocycles. The Labute approximate surface area is 171 Å². The van der Waals surface area contributed by atoms with Crippen LogP contribution < -0.4 is 10.6 Å². The van der Waals surface area contributed by atoms with E-state index in [4.69, 9.17) is 0 Å². The Balaban J connectivity index is 1.50. The van der Waals surface area contributed by atoms with E-state index >= 15 is 0 Å². The topological polar surface area (TPSA) is 71.1 Å². The Morgan fingerprint density at radius 1 is 0.967 bits per heavy atom. The summed E-state index contributed by atoms with van der Waals surface area (Å²) in [5.41, 5.74) is -0.521. The van der Waals surface area contributed by atoms with Gasteiger partial charge in [-0.15, -0.1) is 0 Å². The zero-order valence-corrected chi connectivity index (χ0v) is 15.9. The lowest BCUT2D eigenvalue weighted by Crippen LogP contribution is -2.42. The second-order valence-electron chi connectivity index (χ2n) is 7.57. The van der Waals surface area contributed by atoms with Crippen LogP contribution in [0.4, 0.5) is 18.9 Å². The van der Waals surface area contributed by atoms with Crippen molar-refractivity contribution in [1.29, 1.82) is 0 Å². The van der Waals surface area contributed by atoms with E-state index in [1.165, 1.54) is 18.2 Å². The van der Waals surface area contributed by atoms with Crippen LogP contribution in [0.3, 0.4) is 0 Å². The number of nitrogens with zero attached hydrogens (tertiary/aromatic N) is 1. The maximum atomic E-state index is 13.3. The number of benzene rings is 1. The van der Waals surface area contributed by atoms with Gasteiger partial charge in [-0.05, 0) is 42.5 Å². The zero-order chi connectivity index (χ0) is 21.3. The highest BCUT2D eigenvalue weighted by molar-refractivity contribution is 5.98. The summed E-state index contributed by atoms with van der Waals surface area (Å²) in [6.45, 7) is 0.225. The second-order valence-corrected chi connectivity index (χ2v) is 7.57. The molecule has 2 aliphatic carbocycles. The van der Waals surface area contributed by atoms with Crippen molar-refractivity contribution in [2.45, 2.75) is 19.1 Å². The van der Waals surface area contributed by atoms with E-state index in [-0.39, 0.29) is 30.0 Å². The van der Waals surface area contributed by atoms with E-state index < -0.39 is 29.5 Å². The maximum Gasteiger partial charge on any atom is 0.418 e. The molecule has 1 heterocycles. The van der Waals surface area contributed by atoms with Gasteiger partial charge in [0, 0.05) is 6.20 Å². The molecular formula is C22H20F3N3O2. The predicted molar refractivity (Wildman–Crippen MR) is 104 cm³/mol. The van der Waals surface area contributed by atoms with Crippen molar-refractivity contribution in [1.82, 2.24) is 10.3 Å². The molecule has 2 bridgehead atoms. The van der Waals surface area contributed by atoms with E-state index in [0.29, 0.717) is 12.1 Å². The van der Waals surface area contributed by atoms with Crippen molar-refractivity contribution in [2.24, 2.45) is 23.7 Å². The fourth-order valence-electron chi connectivity index (χ4n) is 4.39. The molecule has 0 spiro atoms. The number of carbonyl (C=O) groups excluding carboxylic acids is 2. The third-order valence-corrected chi connectivity index (χ3v) is 5.72. The van der Waals surface area contributed by atoms with E-state index in [1.54, 1.807) is 18.3 Å². The SMILES string of the molecule is O=C(Nc1ccccc1C(F)(F)F)[C@H]1[C@H](C(=O)NCc2ccccn2)[C@H]2C=C[C@@H]1C2. The summed E-state index contributed by atoms with van der Waals surface area (Å²) in [7, 11) is 0. The quantitative estimate of drug-likeness (QED) is 0.730. The predicted octanol–water partition coefficient (Wildman–Crippen LogP) is 3.79. The van der Waals surface area contributed by atoms with Gasteiger partial charge in [0.05, 0.1) is 35.3 Å². The summed E-state index contributed by atoms with van der Waals surface area (Å²) in [6.07, 6.45) is 1.48. The molecule has 1 aromatic carbocycles. The van der Waals surface area contributed by atoms with Crippen molar-refractivity contribution in [2.75, 3.05) is 5.32 Å². The number of allylic oxidation sites excluding steroid dienone is 2. The number of pyridine rings is 1. The smallest absolute Gasteiger partial charge is 0.350 e. The number of halogens is 3. The largest absolute Gasteiger partial charge is 0.418 e. The Bertz CT molecular complexity index is 975. The maximum absolute atomic E-state index is 13.3. The third kappa shape index (κ3) is 3.94. The molecule has 5 nitrogen and oxygen atoms in total. The Hall–Kier alpha value is -3.16. The minimum absolute atomic E-state index is 0.104. The van der Waals surface area contributed by atoms with Gasteiger partial charge in [-0.2, -0.15) is 13.2 Å². The Morgan fingerprint density at radius 2 is 1.63 bits per heavy atom. The molecule has 0 radical (unpaired) electrons. The molecule has 2 aliphatic rings. The molecule has 2 N–H and O–H groups in total. The fourth-order valence-corrected chi connectivity index (χ4v) is 4.39. The highest BCUT2D eigenvalue weighted by Crippen LogP contribution is 2.48. The fraction of sp³-hybridized carbons (Fsp3) is 0.318. The van der Waals surface area contributed by atoms with Gasteiger partial charge in [-0.1, -0.05) is 30.4 Å². The van der Waals surface area contributed by atoms with Crippen LogP contribution in [0.2, 0.25) is 0 Å². The first kappa shape index (κ1) is 20.1. The van der Waals surface area contributed by atoms with Crippen LogP contribution >= 0.6 is 0 Å². The molecule has 0 unspecified atom stereocenters. The minimum atomic E-state index is -4.59. The van der Waals surface area contributed by atoms with Gasteiger partial charge in [-0.25, -0.2) is 0 Å². The number of amides is 2. The molecule has 30 heavy (non-hydrogen) atoms. The molecule has 1 saturated carbocycles. The number of alkyl halides is 3. The number of nitrogens with one attached hydrogen (secondary N) is 2. The number of aromatic nitrogens is 1. The van der Waals surface area contributed by atoms with Crippen molar-refractivity contribution >= 4 is 17.5 Å². The number of para-hydroxylation sites is 1. The van der Waals surface area contributed by atoms with Crippen LogP contribution in [0, 0.1) is 23.7 Å². The minimum Gasteiger partial charge on any atom is -0.350 e. The zero-order valence-electron chi connectivity index (χ0n) is 15.9. The van der Waals surface area contributed by atoms with Gasteiger partial charge < -0.3 is 10.6 Å². The summed E-state index contributed by atoms with van der Waals surface area (Å²) >= 11 is 0. The molecule has 4 atom stereocenters. The van der Waals surface area contributed by atoms with Crippen molar-refractivity contribution in [3.05, 3.63) is 72.1 Å². The Morgan fingerprint density at radius 3 is 2.30 bits per heavy atom. The molecule has 156 valence electrons. The van der Waals surface area contributed by atoms with E-state index in [2.05, 4.69) is 15.6 Å². The van der Waals surface area contributed by atoms with Crippen LogP contribution in [-0.4, -0.2) is 16.8 Å². The number of anilines is 1. The van der Waals surface area contributed by atoms with Crippen molar-refractivity contribution < 1.29 is 22.8 Å². The Kier molecular flexibility index (Phi) is 5.32. The highest BCUT2D eigenvalue weighted by Gasteiger charge is 2.51. The second kappa shape index (κ2) is 7.93. The van der Waals surface area contributed by atoms with E-state index in [1.807, 2.05) is 18.2 Å². The van der Waals surface area contributed by atoms with Crippen LogP contribution in [0.15, 0.2) is 60.8 Å². The van der Waals surface area contributed by atoms with Crippen LogP contribution in [0.5, 0.6) is 0 Å². The molecule has 2 amide bonds. The lowest BCUT2D eigenvalue weighted by molar-refractivity contribution is -0.137. The van der Waals surface area contributed by atoms with Crippen LogP contribution in [0.25, 0.3) is 0 Å². The summed E-state index contributed by atoms with van der Waals surface area (Å²) in [6, 6.07) is 10.2. The van der Waals surface area contributed by atoms with Crippen LogP contribution in [-0.2, 0) is 22.3 Å². The van der Waals surface area contributed by atoms with Gasteiger partial charge >= 0.3 is 6.18 Å².